The molecule has 0 aliphatic carbocycles. The summed E-state index contributed by atoms with van der Waals surface area (Å²) in [5, 5.41) is 0.824. The van der Waals surface area contributed by atoms with Crippen molar-refractivity contribution in [3.63, 3.8) is 0 Å². The summed E-state index contributed by atoms with van der Waals surface area (Å²) in [6, 6.07) is 16.1. The van der Waals surface area contributed by atoms with Crippen LogP contribution < -0.4 is 0 Å². The Bertz CT molecular complexity index is 896. The summed E-state index contributed by atoms with van der Waals surface area (Å²) in [4.78, 5) is 16.9. The predicted octanol–water partition coefficient (Wildman–Crippen LogP) is 5.12. The molecule has 3 nitrogen and oxygen atoms in total. The fraction of sp³-hybridized carbons (Fsp3) is 0.238. The van der Waals surface area contributed by atoms with Gasteiger partial charge in [0.05, 0.1) is 23.9 Å². The van der Waals surface area contributed by atoms with Crippen LogP contribution in [0.25, 0.3) is 22.2 Å². The Morgan fingerprint density at radius 3 is 2.38 bits per heavy atom. The van der Waals surface area contributed by atoms with Crippen molar-refractivity contribution in [3.8, 4) is 11.3 Å². The number of hydrogen-bond donors (Lipinski definition) is 0. The second kappa shape index (κ2) is 6.44. The van der Waals surface area contributed by atoms with Crippen LogP contribution in [-0.4, -0.2) is 18.1 Å². The van der Waals surface area contributed by atoms with Gasteiger partial charge in [-0.05, 0) is 36.6 Å². The van der Waals surface area contributed by atoms with Crippen LogP contribution >= 0.6 is 0 Å². The summed E-state index contributed by atoms with van der Waals surface area (Å²) >= 11 is 0. The zero-order valence-corrected chi connectivity index (χ0v) is 14.5. The summed E-state index contributed by atoms with van der Waals surface area (Å²) in [6.45, 7) is 6.33. The standard InChI is InChI=1S/C21H21NO2/c1-13(2)15-6-8-16(9-7-15)20-12-18(21(23)24-4)17-11-14(3)5-10-19(17)22-20/h5-13H,1-4H3. The first-order valence-corrected chi connectivity index (χ1v) is 8.09. The molecule has 3 heteroatoms. The van der Waals surface area contributed by atoms with E-state index in [9.17, 15) is 4.79 Å². The van der Waals surface area contributed by atoms with Crippen LogP contribution in [0.4, 0.5) is 0 Å². The van der Waals surface area contributed by atoms with Crippen molar-refractivity contribution in [1.29, 1.82) is 0 Å². The van der Waals surface area contributed by atoms with Crippen LogP contribution in [0.3, 0.4) is 0 Å². The normalized spacial score (nSPS) is 11.0. The van der Waals surface area contributed by atoms with Gasteiger partial charge in [-0.15, -0.1) is 0 Å². The number of carbonyl (C=O) groups excluding carboxylic acids is 1. The van der Waals surface area contributed by atoms with Crippen molar-refractivity contribution in [3.05, 3.63) is 65.2 Å². The predicted molar refractivity (Wildman–Crippen MR) is 97.3 cm³/mol. The van der Waals surface area contributed by atoms with Crippen molar-refractivity contribution in [2.75, 3.05) is 7.11 Å². The smallest absolute Gasteiger partial charge is 0.338 e. The highest BCUT2D eigenvalue weighted by atomic mass is 16.5. The molecule has 0 bridgehead atoms. The molecule has 2 aromatic carbocycles. The molecule has 0 spiro atoms. The number of benzene rings is 2. The average Bonchev–Trinajstić information content (AvgIpc) is 2.60. The fourth-order valence-electron chi connectivity index (χ4n) is 2.81. The van der Waals surface area contributed by atoms with E-state index >= 15 is 0 Å². The van der Waals surface area contributed by atoms with Crippen molar-refractivity contribution < 1.29 is 9.53 Å². The Morgan fingerprint density at radius 2 is 1.75 bits per heavy atom. The molecule has 3 aromatic rings. The lowest BCUT2D eigenvalue weighted by atomic mass is 9.99. The van der Waals surface area contributed by atoms with E-state index in [4.69, 9.17) is 9.72 Å². The molecule has 24 heavy (non-hydrogen) atoms. The minimum absolute atomic E-state index is 0.340. The van der Waals surface area contributed by atoms with Crippen molar-refractivity contribution in [2.24, 2.45) is 0 Å². The highest BCUT2D eigenvalue weighted by molar-refractivity contribution is 6.04. The maximum absolute atomic E-state index is 12.2. The van der Waals surface area contributed by atoms with E-state index in [1.54, 1.807) is 0 Å². The van der Waals surface area contributed by atoms with E-state index in [0.29, 0.717) is 11.5 Å². The van der Waals surface area contributed by atoms with E-state index in [0.717, 1.165) is 27.7 Å². The first-order chi connectivity index (χ1) is 11.5. The molecule has 0 aliphatic heterocycles. The Kier molecular flexibility index (Phi) is 4.34. The number of methoxy groups -OCH3 is 1. The molecule has 0 radical (unpaired) electrons. The third kappa shape index (κ3) is 3.02. The van der Waals surface area contributed by atoms with Gasteiger partial charge in [0, 0.05) is 10.9 Å². The largest absolute Gasteiger partial charge is 0.465 e. The summed E-state index contributed by atoms with van der Waals surface area (Å²) in [6.07, 6.45) is 0. The van der Waals surface area contributed by atoms with Gasteiger partial charge in [0.25, 0.3) is 0 Å². The van der Waals surface area contributed by atoms with Crippen LogP contribution in [0.5, 0.6) is 0 Å². The first-order valence-electron chi connectivity index (χ1n) is 8.09. The Labute approximate surface area is 142 Å². The lowest BCUT2D eigenvalue weighted by Crippen LogP contribution is -2.04. The van der Waals surface area contributed by atoms with Crippen LogP contribution in [0, 0.1) is 6.92 Å². The molecule has 0 saturated carbocycles. The molecule has 0 atom stereocenters. The van der Waals surface area contributed by atoms with Crippen molar-refractivity contribution in [2.45, 2.75) is 26.7 Å². The number of carbonyl (C=O) groups is 1. The third-order valence-corrected chi connectivity index (χ3v) is 4.24. The zero-order valence-electron chi connectivity index (χ0n) is 14.5. The van der Waals surface area contributed by atoms with E-state index < -0.39 is 0 Å². The minimum atomic E-state index is -0.340. The summed E-state index contributed by atoms with van der Waals surface area (Å²) < 4.78 is 4.96. The minimum Gasteiger partial charge on any atom is -0.465 e. The maximum atomic E-state index is 12.2. The number of esters is 1. The number of fused-ring (bicyclic) bond motifs is 1. The van der Waals surface area contributed by atoms with Gasteiger partial charge in [0.2, 0.25) is 0 Å². The topological polar surface area (TPSA) is 39.2 Å². The van der Waals surface area contributed by atoms with E-state index in [1.807, 2.05) is 31.2 Å². The molecule has 122 valence electrons. The molecule has 3 rings (SSSR count). The zero-order chi connectivity index (χ0) is 17.3. The highest BCUT2D eigenvalue weighted by Gasteiger charge is 2.14. The Balaban J connectivity index is 2.18. The van der Waals surface area contributed by atoms with Crippen LogP contribution in [0.15, 0.2) is 48.5 Å². The lowest BCUT2D eigenvalue weighted by molar-refractivity contribution is 0.0603. The van der Waals surface area contributed by atoms with Crippen molar-refractivity contribution in [1.82, 2.24) is 4.98 Å². The van der Waals surface area contributed by atoms with Crippen LogP contribution in [0.2, 0.25) is 0 Å². The van der Waals surface area contributed by atoms with E-state index in [-0.39, 0.29) is 5.97 Å². The number of rotatable bonds is 3. The summed E-state index contributed by atoms with van der Waals surface area (Å²) in [5.74, 6) is 0.144. The van der Waals surface area contributed by atoms with Gasteiger partial charge < -0.3 is 4.74 Å². The number of ether oxygens (including phenoxy) is 1. The molecule has 0 saturated heterocycles. The quantitative estimate of drug-likeness (QED) is 0.629. The number of nitrogens with zero attached hydrogens (tertiary/aromatic N) is 1. The number of aryl methyl sites for hydroxylation is 1. The molecule has 0 amide bonds. The van der Waals surface area contributed by atoms with Gasteiger partial charge in [-0.2, -0.15) is 0 Å². The highest BCUT2D eigenvalue weighted by Crippen LogP contribution is 2.27. The molecule has 0 unspecified atom stereocenters. The second-order valence-corrected chi connectivity index (χ2v) is 6.34. The second-order valence-electron chi connectivity index (χ2n) is 6.34. The Morgan fingerprint density at radius 1 is 1.04 bits per heavy atom. The van der Waals surface area contributed by atoms with Gasteiger partial charge in [-0.1, -0.05) is 49.7 Å². The monoisotopic (exact) mass is 319 g/mol. The van der Waals surface area contributed by atoms with E-state index in [1.165, 1.54) is 12.7 Å². The number of aromatic nitrogens is 1. The molecular weight excluding hydrogens is 298 g/mol. The molecule has 1 heterocycles. The number of pyridine rings is 1. The third-order valence-electron chi connectivity index (χ3n) is 4.24. The molecule has 1 aromatic heterocycles. The number of hydrogen-bond acceptors (Lipinski definition) is 3. The van der Waals surface area contributed by atoms with Crippen LogP contribution in [0.1, 0.15) is 41.3 Å². The van der Waals surface area contributed by atoms with Gasteiger partial charge in [0.15, 0.2) is 0 Å². The van der Waals surface area contributed by atoms with Crippen LogP contribution in [-0.2, 0) is 4.74 Å². The molecule has 0 aliphatic rings. The van der Waals surface area contributed by atoms with Gasteiger partial charge in [0.1, 0.15) is 0 Å². The molecule has 0 fully saturated rings. The van der Waals surface area contributed by atoms with Gasteiger partial charge in [-0.25, -0.2) is 9.78 Å². The lowest BCUT2D eigenvalue weighted by Gasteiger charge is -2.10. The van der Waals surface area contributed by atoms with Gasteiger partial charge >= 0.3 is 5.97 Å². The van der Waals surface area contributed by atoms with Gasteiger partial charge in [-0.3, -0.25) is 0 Å². The van der Waals surface area contributed by atoms with E-state index in [2.05, 4.69) is 38.1 Å². The fourth-order valence-corrected chi connectivity index (χ4v) is 2.81. The first kappa shape index (κ1) is 16.2. The SMILES string of the molecule is COC(=O)c1cc(-c2ccc(C(C)C)cc2)nc2ccc(C)cc12. The summed E-state index contributed by atoms with van der Waals surface area (Å²) in [5.41, 5.74) is 5.49. The molecular formula is C21H21NO2. The summed E-state index contributed by atoms with van der Waals surface area (Å²) in [7, 11) is 1.40. The maximum Gasteiger partial charge on any atom is 0.338 e. The average molecular weight is 319 g/mol. The molecule has 0 N–H and O–H groups in total. The Hall–Kier alpha value is -2.68. The van der Waals surface area contributed by atoms with Crippen molar-refractivity contribution >= 4 is 16.9 Å².